The van der Waals surface area contributed by atoms with Gasteiger partial charge in [0.05, 0.1) is 36.7 Å². The molecule has 5 rings (SSSR count). The largest absolute Gasteiger partial charge is 0.393 e. The van der Waals surface area contributed by atoms with Gasteiger partial charge in [0.15, 0.2) is 0 Å². The highest BCUT2D eigenvalue weighted by atomic mass is 16.5. The van der Waals surface area contributed by atoms with Gasteiger partial charge in [-0.05, 0) is 48.9 Å². The molecule has 1 aromatic heterocycles. The Morgan fingerprint density at radius 2 is 2.07 bits per heavy atom. The summed E-state index contributed by atoms with van der Waals surface area (Å²) in [6, 6.07) is 8.61. The lowest BCUT2D eigenvalue weighted by Crippen LogP contribution is -2.48. The van der Waals surface area contributed by atoms with Crippen LogP contribution in [0.25, 0.3) is 11.3 Å². The van der Waals surface area contributed by atoms with Gasteiger partial charge >= 0.3 is 0 Å². The predicted octanol–water partition coefficient (Wildman–Crippen LogP) is 1.61. The Kier molecular flexibility index (Phi) is 9.12. The van der Waals surface area contributed by atoms with Gasteiger partial charge in [-0.2, -0.15) is 0 Å². The molecule has 1 aromatic carbocycles. The van der Waals surface area contributed by atoms with E-state index >= 15 is 0 Å². The predicted molar refractivity (Wildman–Crippen MR) is 159 cm³/mol. The summed E-state index contributed by atoms with van der Waals surface area (Å²) in [4.78, 5) is 28.8. The monoisotopic (exact) mass is 560 g/mol. The average Bonchev–Trinajstić information content (AvgIpc) is 3.06. The van der Waals surface area contributed by atoms with Gasteiger partial charge in [0.2, 0.25) is 5.95 Å². The number of hydrogen-bond acceptors (Lipinski definition) is 11. The number of nitrogens with zero attached hydrogens (tertiary/aromatic N) is 5. The van der Waals surface area contributed by atoms with Crippen molar-refractivity contribution in [1.29, 1.82) is 0 Å². The number of ether oxygens (including phenoxy) is 1. The van der Waals surface area contributed by atoms with E-state index < -0.39 is 0 Å². The van der Waals surface area contributed by atoms with Crippen molar-refractivity contribution in [2.24, 2.45) is 16.6 Å². The molecule has 3 aliphatic rings. The van der Waals surface area contributed by atoms with E-state index in [1.54, 1.807) is 36.9 Å². The Morgan fingerprint density at radius 1 is 1.24 bits per heavy atom. The Balaban J connectivity index is 1.39. The fourth-order valence-electron chi connectivity index (χ4n) is 5.25. The molecule has 2 aliphatic heterocycles. The van der Waals surface area contributed by atoms with Gasteiger partial charge in [0.1, 0.15) is 5.70 Å². The molecule has 0 radical (unpaired) electrons. The van der Waals surface area contributed by atoms with E-state index in [1.165, 1.54) is 0 Å². The number of amides is 1. The fourth-order valence-corrected chi connectivity index (χ4v) is 5.25. The number of nitrogens with two attached hydrogens (primary N) is 2. The number of carbonyl (C=O) groups excluding carboxylic acids is 1. The highest BCUT2D eigenvalue weighted by Gasteiger charge is 2.31. The maximum Gasteiger partial charge on any atom is 0.269 e. The third kappa shape index (κ3) is 6.84. The number of hydrogen-bond donors (Lipinski definition) is 5. The van der Waals surface area contributed by atoms with E-state index in [4.69, 9.17) is 21.3 Å². The first-order valence-electron chi connectivity index (χ1n) is 14.1. The van der Waals surface area contributed by atoms with E-state index in [0.29, 0.717) is 12.0 Å². The molecular formula is C29H40N10O2. The van der Waals surface area contributed by atoms with Crippen LogP contribution in [0.2, 0.25) is 0 Å². The number of benzene rings is 1. The number of carbonyl (C=O) groups is 1. The van der Waals surface area contributed by atoms with Gasteiger partial charge in [0, 0.05) is 63.6 Å². The number of aromatic nitrogens is 2. The molecule has 1 amide bonds. The summed E-state index contributed by atoms with van der Waals surface area (Å²) >= 11 is 0. The zero-order valence-corrected chi connectivity index (χ0v) is 23.7. The molecule has 12 heteroatoms. The molecule has 12 nitrogen and oxygen atoms in total. The molecule has 218 valence electrons. The van der Waals surface area contributed by atoms with Crippen LogP contribution >= 0.6 is 0 Å². The summed E-state index contributed by atoms with van der Waals surface area (Å²) in [7, 11) is 3.53. The second-order valence-electron chi connectivity index (χ2n) is 10.7. The first-order valence-corrected chi connectivity index (χ1v) is 14.1. The molecule has 3 heterocycles. The minimum atomic E-state index is -0.312. The minimum absolute atomic E-state index is 0.117. The third-order valence-electron chi connectivity index (χ3n) is 7.86. The van der Waals surface area contributed by atoms with Crippen molar-refractivity contribution in [2.45, 2.75) is 50.4 Å². The van der Waals surface area contributed by atoms with Crippen LogP contribution in [0.5, 0.6) is 0 Å². The smallest absolute Gasteiger partial charge is 0.269 e. The van der Waals surface area contributed by atoms with Gasteiger partial charge < -0.3 is 31.4 Å². The highest BCUT2D eigenvalue weighted by Crippen LogP contribution is 2.32. The van der Waals surface area contributed by atoms with Crippen molar-refractivity contribution in [3.05, 3.63) is 65.4 Å². The Hall–Kier alpha value is -4.00. The first-order chi connectivity index (χ1) is 19.9. The molecule has 41 heavy (non-hydrogen) atoms. The van der Waals surface area contributed by atoms with E-state index in [2.05, 4.69) is 43.0 Å². The number of hydrazine groups is 1. The van der Waals surface area contributed by atoms with E-state index in [0.717, 1.165) is 80.1 Å². The van der Waals surface area contributed by atoms with Crippen LogP contribution in [0.1, 0.15) is 42.9 Å². The summed E-state index contributed by atoms with van der Waals surface area (Å²) in [6.07, 6.45) is 10.7. The summed E-state index contributed by atoms with van der Waals surface area (Å²) in [5, 5.41) is 10.9. The van der Waals surface area contributed by atoms with Crippen molar-refractivity contribution >= 4 is 18.1 Å². The lowest BCUT2D eigenvalue weighted by molar-refractivity contribution is -0.118. The molecule has 1 unspecified atom stereocenters. The highest BCUT2D eigenvalue weighted by molar-refractivity contribution is 5.92. The lowest BCUT2D eigenvalue weighted by atomic mass is 9.93. The van der Waals surface area contributed by atoms with Gasteiger partial charge in [-0.3, -0.25) is 14.7 Å². The van der Waals surface area contributed by atoms with Gasteiger partial charge in [-0.25, -0.2) is 15.8 Å². The van der Waals surface area contributed by atoms with E-state index in [-0.39, 0.29) is 23.7 Å². The number of anilines is 1. The number of fused-ring (bicyclic) bond motifs is 1. The normalized spacial score (nSPS) is 20.5. The Bertz CT molecular complexity index is 1320. The topological polar surface area (TPSA) is 159 Å². The van der Waals surface area contributed by atoms with Crippen molar-refractivity contribution in [1.82, 2.24) is 30.5 Å². The second kappa shape index (κ2) is 13.1. The Labute approximate surface area is 240 Å². The molecule has 1 saturated heterocycles. The Morgan fingerprint density at radius 3 is 2.76 bits per heavy atom. The lowest BCUT2D eigenvalue weighted by Gasteiger charge is -2.36. The average molecular weight is 561 g/mol. The third-order valence-corrected chi connectivity index (χ3v) is 7.86. The maximum atomic E-state index is 13.1. The van der Waals surface area contributed by atoms with E-state index in [9.17, 15) is 4.79 Å². The quantitative estimate of drug-likeness (QED) is 0.125. The van der Waals surface area contributed by atoms with Crippen LogP contribution in [0.15, 0.2) is 59.2 Å². The van der Waals surface area contributed by atoms with Crippen molar-refractivity contribution in [2.75, 3.05) is 39.2 Å². The van der Waals surface area contributed by atoms with Crippen LogP contribution in [-0.4, -0.2) is 77.9 Å². The number of allylic oxidation sites excluding steroid dienone is 1. The van der Waals surface area contributed by atoms with Crippen LogP contribution in [0.3, 0.4) is 0 Å². The minimum Gasteiger partial charge on any atom is -0.393 e. The summed E-state index contributed by atoms with van der Waals surface area (Å²) in [5.74, 6) is 6.27. The molecule has 7 N–H and O–H groups in total. The van der Waals surface area contributed by atoms with Crippen LogP contribution < -0.4 is 27.5 Å². The fraction of sp³-hybridized carbons (Fsp3) is 0.448. The SMILES string of the molecule is CN=C/C(=C\NC)Nc1nccc(-c2ccc3c(c2)CN(C2COC2)CCC3NC(=O)/C(N)=C/N(N)C2CCC2)n1. The standard InChI is InChI=1S/C29H40N10O2/c1-32-13-21(14-33-2)35-29-34-10-8-26(37-29)19-6-7-24-20(12-19)15-38(23-17-41-18-23)11-9-27(24)36-28(40)25(30)16-39(31)22-4-3-5-22/h6-8,10,12-14,16,22-23,27,32H,3-5,9,11,15,17-18,30-31H2,1-2H3,(H,36,40)(H,34,35,37)/b21-13+,25-16-,33-14?. The summed E-state index contributed by atoms with van der Waals surface area (Å²) in [5.41, 5.74) is 11.0. The van der Waals surface area contributed by atoms with Gasteiger partial charge in [0.25, 0.3) is 5.91 Å². The summed E-state index contributed by atoms with van der Waals surface area (Å²) < 4.78 is 5.49. The second-order valence-corrected chi connectivity index (χ2v) is 10.7. The zero-order valence-electron chi connectivity index (χ0n) is 23.7. The zero-order chi connectivity index (χ0) is 28.8. The first kappa shape index (κ1) is 28.5. The molecule has 0 bridgehead atoms. The van der Waals surface area contributed by atoms with Crippen LogP contribution in [0.4, 0.5) is 5.95 Å². The van der Waals surface area contributed by atoms with Gasteiger partial charge in [-0.1, -0.05) is 12.1 Å². The van der Waals surface area contributed by atoms with Gasteiger partial charge in [-0.15, -0.1) is 0 Å². The van der Waals surface area contributed by atoms with E-state index in [1.807, 2.05) is 19.2 Å². The molecule has 0 spiro atoms. The summed E-state index contributed by atoms with van der Waals surface area (Å²) in [6.45, 7) is 3.03. The molecule has 1 atom stereocenters. The molecule has 2 aromatic rings. The molecule has 1 aliphatic carbocycles. The van der Waals surface area contributed by atoms with Crippen molar-refractivity contribution in [3.8, 4) is 11.3 Å². The molecular weight excluding hydrogens is 520 g/mol. The van der Waals surface area contributed by atoms with Crippen LogP contribution in [0, 0.1) is 0 Å². The maximum absolute atomic E-state index is 13.1. The number of aliphatic imine (C=N–C) groups is 1. The molecule has 2 fully saturated rings. The van der Waals surface area contributed by atoms with Crippen LogP contribution in [-0.2, 0) is 16.1 Å². The van der Waals surface area contributed by atoms with Crippen molar-refractivity contribution in [3.63, 3.8) is 0 Å². The molecule has 1 saturated carbocycles. The number of rotatable bonds is 10. The number of nitrogens with one attached hydrogen (secondary N) is 3. The van der Waals surface area contributed by atoms with Crippen molar-refractivity contribution < 1.29 is 9.53 Å².